The lowest BCUT2D eigenvalue weighted by Gasteiger charge is -2.56. The van der Waals surface area contributed by atoms with E-state index in [2.05, 4.69) is 0 Å². The molecule has 4 aliphatic carbocycles. The Balaban J connectivity index is -0.000000104. The maximum absolute atomic E-state index is 12.5. The summed E-state index contributed by atoms with van der Waals surface area (Å²) in [4.78, 5) is 0. The van der Waals surface area contributed by atoms with Crippen molar-refractivity contribution in [3.63, 3.8) is 0 Å². The van der Waals surface area contributed by atoms with Crippen LogP contribution in [0.1, 0.15) is 321 Å². The van der Waals surface area contributed by atoms with Crippen molar-refractivity contribution in [2.45, 2.75) is 334 Å². The zero-order valence-corrected chi connectivity index (χ0v) is 53.0. The summed E-state index contributed by atoms with van der Waals surface area (Å²) in [5, 5.41) is 0. The summed E-state index contributed by atoms with van der Waals surface area (Å²) in [6.07, 6.45) is -41.0. The van der Waals surface area contributed by atoms with Crippen LogP contribution >= 0.6 is 0 Å². The highest BCUT2D eigenvalue weighted by atomic mass is 19.4. The number of alkyl halides is 21. The highest BCUT2D eigenvalue weighted by Crippen LogP contribution is 2.61. The Labute approximate surface area is 519 Å². The van der Waals surface area contributed by atoms with Gasteiger partial charge >= 0.3 is 43.2 Å². The minimum absolute atomic E-state index is 0. The summed E-state index contributed by atoms with van der Waals surface area (Å²) < 4.78 is 405. The second kappa shape index (κ2) is 47.6. The van der Waals surface area contributed by atoms with Gasteiger partial charge in [-0.2, -0.15) is 92.2 Å². The van der Waals surface area contributed by atoms with E-state index in [0.29, 0.717) is 34.6 Å². The highest BCUT2D eigenvalue weighted by molar-refractivity contribution is 5.00. The zero-order valence-electron chi connectivity index (χ0n) is 75.0. The SMILES string of the molecule is C.CC.CC.CC.CC.CC.[2H]C(C)(C)C(F)(F)F.[2H]C([2H])(C)C(C)(C)C(F)(F)F.[2H]C([2H])(C)C(C)(C)C(F)(F)F.[2H]C([2H])(C)C(C)C(F)(F)F.[2H]C([2H])(C)C([2H])(C)C(F)(F)F.[2H]C([2H])(C)C12CC3CC(CC(C3)C1)C2.[2H]C([2H])([2H])C(C)(C([2H])([2H])C)C(F)(F)F.[2H]C([2H])([2H])C(C)(C([2H])([2H])C)C(F)(F)F. The molecule has 0 nitrogen and oxygen atoms in total. The number of halogens is 21. The molecule has 0 aromatic carbocycles. The summed E-state index contributed by atoms with van der Waals surface area (Å²) in [7, 11) is 0. The van der Waals surface area contributed by atoms with Crippen molar-refractivity contribution in [2.24, 2.45) is 62.5 Å². The van der Waals surface area contributed by atoms with Gasteiger partial charge in [-0.1, -0.05) is 214 Å². The third kappa shape index (κ3) is 48.6. The first-order valence-electron chi connectivity index (χ1n) is 37.4. The summed E-state index contributed by atoms with van der Waals surface area (Å²) in [5.74, 6) is -4.64. The van der Waals surface area contributed by atoms with E-state index in [1.54, 1.807) is 0 Å². The van der Waals surface area contributed by atoms with E-state index in [4.69, 9.17) is 30.2 Å². The van der Waals surface area contributed by atoms with Crippen LogP contribution in [0.2, 0.25) is 0 Å². The predicted octanol–water partition coefficient (Wildman–Crippen LogP) is 28.7. The second-order valence-electron chi connectivity index (χ2n) is 18.4. The number of rotatable bonds is 7. The van der Waals surface area contributed by atoms with Gasteiger partial charge in [-0.05, 0) is 99.9 Å². The summed E-state index contributed by atoms with van der Waals surface area (Å²) in [6.45, 7) is 26.9. The van der Waals surface area contributed by atoms with E-state index in [9.17, 15) is 92.2 Å². The molecule has 0 aromatic rings. The Morgan fingerprint density at radius 1 is 0.390 bits per heavy atom. The summed E-state index contributed by atoms with van der Waals surface area (Å²) >= 11 is 0. The standard InChI is InChI=1S/C12H20.4C6H11F3.2C5H9F3.C4H7F3.5C2H6.CH4/c1-2-12-6-9-3-10(7-12)5-11(4-9)8-12;4*1-4-5(2,3)6(7,8)9;2*1-3-4(2)5(6,7)8;1-3(2)4(5,6)7;5*1-2;/h9-11H,2-8H2,1H3;4*4H2,1-3H3;2*4H,3H2,1-2H3;3H,1-2H3;5*1-2H3;1H4/i2D2;2*2D3,4D2;2*4D2;3D2,4D;3D2;3D;;;;;;. The molecule has 0 aliphatic heterocycles. The first-order chi connectivity index (χ1) is 43.9. The number of hydrogen-bond acceptors (Lipinski definition) is 0. The van der Waals surface area contributed by atoms with Crippen LogP contribution in [0.15, 0.2) is 0 Å². The fraction of sp³-hybridized carbons (Fsp3) is 1.00. The van der Waals surface area contributed by atoms with Crippen LogP contribution in [0, 0.1) is 62.5 Å². The molecule has 21 heteroatoms. The third-order valence-electron chi connectivity index (χ3n) is 11.7. The molecule has 4 bridgehead atoms. The van der Waals surface area contributed by atoms with Gasteiger partial charge in [-0.25, -0.2) is 0 Å². The fourth-order valence-corrected chi connectivity index (χ4v) is 5.29. The van der Waals surface area contributed by atoms with Gasteiger partial charge in [0.25, 0.3) is 0 Å². The second-order valence-corrected chi connectivity index (χ2v) is 18.4. The first-order valence-corrected chi connectivity index (χ1v) is 26.4. The predicted molar refractivity (Wildman–Crippen MR) is 307 cm³/mol. The molecule has 0 heterocycles. The molecule has 0 N–H and O–H groups in total. The van der Waals surface area contributed by atoms with E-state index >= 15 is 0 Å². The highest BCUT2D eigenvalue weighted by Gasteiger charge is 2.50. The maximum Gasteiger partial charge on any atom is 0.393 e. The molecule has 0 saturated heterocycles. The number of hydrogen-bond donors (Lipinski definition) is 0. The van der Waals surface area contributed by atoms with Crippen LogP contribution in [0.25, 0.3) is 0 Å². The van der Waals surface area contributed by atoms with Crippen molar-refractivity contribution in [1.82, 2.24) is 0 Å². The van der Waals surface area contributed by atoms with Crippen LogP contribution in [-0.2, 0) is 0 Å². The van der Waals surface area contributed by atoms with Gasteiger partial charge in [0.2, 0.25) is 0 Å². The van der Waals surface area contributed by atoms with Gasteiger partial charge in [0.05, 0.1) is 33.5 Å². The first kappa shape index (κ1) is 60.8. The summed E-state index contributed by atoms with van der Waals surface area (Å²) in [5.41, 5.74) is -11.2. The van der Waals surface area contributed by atoms with Gasteiger partial charge < -0.3 is 0 Å². The van der Waals surface area contributed by atoms with Gasteiger partial charge in [0.1, 0.15) is 0 Å². The van der Waals surface area contributed by atoms with Crippen LogP contribution < -0.4 is 0 Å². The van der Waals surface area contributed by atoms with E-state index in [1.165, 1.54) is 38.5 Å². The molecule has 4 atom stereocenters. The molecule has 0 amide bonds. The van der Waals surface area contributed by atoms with Crippen molar-refractivity contribution in [3.05, 3.63) is 0 Å². The molecule has 4 aliphatic rings. The molecule has 4 unspecified atom stereocenters. The van der Waals surface area contributed by atoms with E-state index in [1.807, 2.05) is 76.2 Å². The molecular weight excluding hydrogens is 1130 g/mol. The molecule has 82 heavy (non-hydrogen) atoms. The van der Waals surface area contributed by atoms with Crippen LogP contribution in [-0.4, -0.2) is 43.2 Å². The van der Waals surface area contributed by atoms with Crippen molar-refractivity contribution in [1.29, 1.82) is 0 Å². The van der Waals surface area contributed by atoms with Gasteiger partial charge in [0.15, 0.2) is 0 Å². The molecule has 4 rings (SSSR count). The molecule has 4 saturated carbocycles. The maximum atomic E-state index is 12.5. The lowest BCUT2D eigenvalue weighted by Crippen LogP contribution is -2.45. The Kier molecular flexibility index (Phi) is 35.3. The smallest absolute Gasteiger partial charge is 0.171 e. The average molecular weight is 1280 g/mol. The average Bonchev–Trinajstić information content (AvgIpc) is 0.743. The Morgan fingerprint density at radius 3 is 0.646 bits per heavy atom. The topological polar surface area (TPSA) is 0 Å². The molecule has 0 radical (unpaired) electrons. The normalized spacial score (nSPS) is 26.2. The van der Waals surface area contributed by atoms with Gasteiger partial charge in [0, 0.05) is 36.1 Å². The third-order valence-corrected chi connectivity index (χ3v) is 11.7. The zero-order chi connectivity index (χ0) is 88.1. The quantitative estimate of drug-likeness (QED) is 0.223. The summed E-state index contributed by atoms with van der Waals surface area (Å²) in [6, 6.07) is 0. The Hall–Kier alpha value is -1.47. The van der Waals surface area contributed by atoms with E-state index < -0.39 is 141 Å². The molecule has 0 spiro atoms. The molecular formula is C61H123F21. The van der Waals surface area contributed by atoms with Crippen molar-refractivity contribution in [3.8, 4) is 0 Å². The lowest BCUT2D eigenvalue weighted by molar-refractivity contribution is -0.212. The van der Waals surface area contributed by atoms with Crippen molar-refractivity contribution >= 4 is 0 Å². The minimum atomic E-state index is -5.11. The fourth-order valence-electron chi connectivity index (χ4n) is 5.29. The largest absolute Gasteiger partial charge is 0.393 e. The molecule has 4 fully saturated rings. The van der Waals surface area contributed by atoms with Gasteiger partial charge in [-0.3, -0.25) is 0 Å². The molecule has 0 aromatic heterocycles. The van der Waals surface area contributed by atoms with Crippen LogP contribution in [0.4, 0.5) is 92.2 Å². The van der Waals surface area contributed by atoms with Crippen LogP contribution in [0.3, 0.4) is 0 Å². The van der Waals surface area contributed by atoms with Crippen molar-refractivity contribution < 1.29 is 122 Å². The minimum Gasteiger partial charge on any atom is -0.171 e. The monoisotopic (exact) mass is 1280 g/mol. The van der Waals surface area contributed by atoms with E-state index in [0.717, 1.165) is 93.9 Å². The lowest BCUT2D eigenvalue weighted by atomic mass is 9.49. The van der Waals surface area contributed by atoms with E-state index in [-0.39, 0.29) is 12.8 Å². The Morgan fingerprint density at radius 2 is 0.598 bits per heavy atom. The Bertz CT molecular complexity index is 1920. The van der Waals surface area contributed by atoms with Gasteiger partial charge in [-0.15, -0.1) is 0 Å². The van der Waals surface area contributed by atoms with Crippen LogP contribution in [0.5, 0.6) is 0 Å². The van der Waals surface area contributed by atoms with Crippen molar-refractivity contribution in [2.75, 3.05) is 0 Å². The molecule has 514 valence electrons.